The van der Waals surface area contributed by atoms with E-state index in [4.69, 9.17) is 0 Å². The molecule has 0 amide bonds. The summed E-state index contributed by atoms with van der Waals surface area (Å²) in [5.74, 6) is 0. The number of alkyl halides is 1. The highest BCUT2D eigenvalue weighted by atomic mass is 19.1. The average molecular weight is 207 g/mol. The van der Waals surface area contributed by atoms with Crippen LogP contribution in [0.5, 0.6) is 0 Å². The Morgan fingerprint density at radius 2 is 2.33 bits per heavy atom. The molecule has 1 unspecified atom stereocenters. The maximum atomic E-state index is 12.5. The molecule has 1 aliphatic rings. The van der Waals surface area contributed by atoms with Crippen molar-refractivity contribution in [3.63, 3.8) is 0 Å². The zero-order valence-corrected chi connectivity index (χ0v) is 9.22. The van der Waals surface area contributed by atoms with Crippen LogP contribution in [-0.2, 0) is 13.1 Å². The normalized spacial score (nSPS) is 20.8. The van der Waals surface area contributed by atoms with Crippen LogP contribution in [0.2, 0.25) is 0 Å². The molecule has 1 saturated heterocycles. The predicted octanol–water partition coefficient (Wildman–Crippen LogP) is 2.76. The third-order valence-electron chi connectivity index (χ3n) is 3.20. The van der Waals surface area contributed by atoms with E-state index >= 15 is 0 Å². The summed E-state index contributed by atoms with van der Waals surface area (Å²) >= 11 is 0. The standard InChI is InChI=1S/C13H18FN/c1-10-4-5-11(9-14)7-12(10)8-13-3-2-6-15-13/h4-5,7,13,15H,2-3,6,8-9H2,1H3. The van der Waals surface area contributed by atoms with Crippen molar-refractivity contribution in [2.45, 2.75) is 38.9 Å². The molecule has 1 fully saturated rings. The van der Waals surface area contributed by atoms with Gasteiger partial charge < -0.3 is 5.32 Å². The second-order valence-electron chi connectivity index (χ2n) is 4.39. The van der Waals surface area contributed by atoms with Gasteiger partial charge in [0.15, 0.2) is 0 Å². The summed E-state index contributed by atoms with van der Waals surface area (Å²) in [6, 6.07) is 6.51. The molecule has 15 heavy (non-hydrogen) atoms. The van der Waals surface area contributed by atoms with Crippen LogP contribution in [0.3, 0.4) is 0 Å². The lowest BCUT2D eigenvalue weighted by atomic mass is 9.98. The molecular weight excluding hydrogens is 189 g/mol. The molecule has 0 saturated carbocycles. The van der Waals surface area contributed by atoms with Crippen LogP contribution in [0.25, 0.3) is 0 Å². The maximum Gasteiger partial charge on any atom is 0.115 e. The number of hydrogen-bond donors (Lipinski definition) is 1. The predicted molar refractivity (Wildman–Crippen MR) is 60.7 cm³/mol. The molecule has 0 spiro atoms. The minimum Gasteiger partial charge on any atom is -0.314 e. The van der Waals surface area contributed by atoms with E-state index in [1.807, 2.05) is 18.2 Å². The molecule has 1 aromatic rings. The number of aryl methyl sites for hydroxylation is 1. The molecule has 1 heterocycles. The summed E-state index contributed by atoms with van der Waals surface area (Å²) in [6.07, 6.45) is 3.56. The lowest BCUT2D eigenvalue weighted by Crippen LogP contribution is -2.24. The fourth-order valence-electron chi connectivity index (χ4n) is 2.22. The Kier molecular flexibility index (Phi) is 3.37. The Labute approximate surface area is 90.7 Å². The van der Waals surface area contributed by atoms with Crippen molar-refractivity contribution >= 4 is 0 Å². The van der Waals surface area contributed by atoms with Gasteiger partial charge in [-0.25, -0.2) is 4.39 Å². The van der Waals surface area contributed by atoms with Crippen LogP contribution in [0.15, 0.2) is 18.2 Å². The highest BCUT2D eigenvalue weighted by molar-refractivity contribution is 5.31. The second-order valence-corrected chi connectivity index (χ2v) is 4.39. The van der Waals surface area contributed by atoms with Crippen molar-refractivity contribution in [3.05, 3.63) is 34.9 Å². The van der Waals surface area contributed by atoms with E-state index in [1.165, 1.54) is 24.0 Å². The zero-order chi connectivity index (χ0) is 10.7. The van der Waals surface area contributed by atoms with Crippen molar-refractivity contribution in [2.24, 2.45) is 0 Å². The first-order chi connectivity index (χ1) is 7.29. The molecule has 1 nitrogen and oxygen atoms in total. The van der Waals surface area contributed by atoms with Gasteiger partial charge in [-0.05, 0) is 49.4 Å². The van der Waals surface area contributed by atoms with Crippen molar-refractivity contribution in [1.29, 1.82) is 0 Å². The van der Waals surface area contributed by atoms with E-state index in [9.17, 15) is 4.39 Å². The highest BCUT2D eigenvalue weighted by Gasteiger charge is 2.15. The molecule has 82 valence electrons. The van der Waals surface area contributed by atoms with Crippen molar-refractivity contribution in [1.82, 2.24) is 5.32 Å². The monoisotopic (exact) mass is 207 g/mol. The summed E-state index contributed by atoms with van der Waals surface area (Å²) in [4.78, 5) is 0. The zero-order valence-electron chi connectivity index (χ0n) is 9.22. The average Bonchev–Trinajstić information content (AvgIpc) is 2.74. The second kappa shape index (κ2) is 4.75. The van der Waals surface area contributed by atoms with E-state index in [2.05, 4.69) is 12.2 Å². The topological polar surface area (TPSA) is 12.0 Å². The Bertz CT molecular complexity index is 329. The molecule has 2 heteroatoms. The number of nitrogens with one attached hydrogen (secondary N) is 1. The van der Waals surface area contributed by atoms with Crippen molar-refractivity contribution in [3.8, 4) is 0 Å². The van der Waals surface area contributed by atoms with Crippen LogP contribution in [0.4, 0.5) is 4.39 Å². The first kappa shape index (κ1) is 10.6. The minimum absolute atomic E-state index is 0.356. The highest BCUT2D eigenvalue weighted by Crippen LogP contribution is 2.17. The molecule has 0 radical (unpaired) electrons. The van der Waals surface area contributed by atoms with Gasteiger partial charge in [-0.3, -0.25) is 0 Å². The maximum absolute atomic E-state index is 12.5. The largest absolute Gasteiger partial charge is 0.314 e. The number of halogens is 1. The molecule has 0 aromatic heterocycles. The van der Waals surface area contributed by atoms with Gasteiger partial charge in [0.2, 0.25) is 0 Å². The van der Waals surface area contributed by atoms with Crippen LogP contribution in [0.1, 0.15) is 29.5 Å². The number of benzene rings is 1. The summed E-state index contributed by atoms with van der Waals surface area (Å²) in [6.45, 7) is 2.88. The van der Waals surface area contributed by atoms with Crippen LogP contribution in [-0.4, -0.2) is 12.6 Å². The fraction of sp³-hybridized carbons (Fsp3) is 0.538. The van der Waals surface area contributed by atoms with Crippen molar-refractivity contribution in [2.75, 3.05) is 6.54 Å². The van der Waals surface area contributed by atoms with Gasteiger partial charge in [0.05, 0.1) is 0 Å². The lowest BCUT2D eigenvalue weighted by molar-refractivity contribution is 0.484. The molecule has 2 rings (SSSR count). The van der Waals surface area contributed by atoms with Gasteiger partial charge in [-0.2, -0.15) is 0 Å². The quantitative estimate of drug-likeness (QED) is 0.803. The van der Waals surface area contributed by atoms with Gasteiger partial charge >= 0.3 is 0 Å². The van der Waals surface area contributed by atoms with Gasteiger partial charge in [-0.15, -0.1) is 0 Å². The number of hydrogen-bond acceptors (Lipinski definition) is 1. The van der Waals surface area contributed by atoms with Gasteiger partial charge in [0.25, 0.3) is 0 Å². The Balaban J connectivity index is 2.11. The van der Waals surface area contributed by atoms with Crippen LogP contribution < -0.4 is 5.32 Å². The third-order valence-corrected chi connectivity index (χ3v) is 3.20. The molecule has 1 atom stereocenters. The molecule has 0 aliphatic carbocycles. The summed E-state index contributed by atoms with van der Waals surface area (Å²) in [5, 5.41) is 3.48. The Hall–Kier alpha value is -0.890. The smallest absolute Gasteiger partial charge is 0.115 e. The van der Waals surface area contributed by atoms with Crippen LogP contribution >= 0.6 is 0 Å². The first-order valence-electron chi connectivity index (χ1n) is 5.67. The molecule has 1 N–H and O–H groups in total. The van der Waals surface area contributed by atoms with E-state index < -0.39 is 0 Å². The van der Waals surface area contributed by atoms with E-state index in [-0.39, 0.29) is 6.67 Å². The Morgan fingerprint density at radius 3 is 3.00 bits per heavy atom. The molecule has 1 aromatic carbocycles. The van der Waals surface area contributed by atoms with Crippen LogP contribution in [0, 0.1) is 6.92 Å². The Morgan fingerprint density at radius 1 is 1.47 bits per heavy atom. The summed E-state index contributed by atoms with van der Waals surface area (Å²) in [7, 11) is 0. The van der Waals surface area contributed by atoms with E-state index in [1.54, 1.807) is 0 Å². The number of rotatable bonds is 3. The van der Waals surface area contributed by atoms with Gasteiger partial charge in [0.1, 0.15) is 6.67 Å². The lowest BCUT2D eigenvalue weighted by Gasteiger charge is -2.13. The summed E-state index contributed by atoms with van der Waals surface area (Å²) in [5.41, 5.74) is 3.37. The molecular formula is C13H18FN. The fourth-order valence-corrected chi connectivity index (χ4v) is 2.22. The van der Waals surface area contributed by atoms with E-state index in [0.29, 0.717) is 6.04 Å². The third kappa shape index (κ3) is 2.57. The van der Waals surface area contributed by atoms with E-state index in [0.717, 1.165) is 18.5 Å². The summed E-state index contributed by atoms with van der Waals surface area (Å²) < 4.78 is 12.5. The molecule has 0 bridgehead atoms. The first-order valence-corrected chi connectivity index (χ1v) is 5.67. The molecule has 1 aliphatic heterocycles. The SMILES string of the molecule is Cc1ccc(CF)cc1CC1CCCN1. The van der Waals surface area contributed by atoms with Gasteiger partial charge in [0, 0.05) is 6.04 Å². The minimum atomic E-state index is -0.356. The van der Waals surface area contributed by atoms with Crippen molar-refractivity contribution < 1.29 is 4.39 Å². The van der Waals surface area contributed by atoms with Gasteiger partial charge in [-0.1, -0.05) is 18.2 Å².